The van der Waals surface area contributed by atoms with Gasteiger partial charge in [-0.15, -0.1) is 0 Å². The van der Waals surface area contributed by atoms with E-state index in [-0.39, 0.29) is 6.03 Å². The predicted octanol–water partition coefficient (Wildman–Crippen LogP) is 3.32. The molecule has 3 rings (SSSR count). The lowest BCUT2D eigenvalue weighted by Gasteiger charge is -2.11. The van der Waals surface area contributed by atoms with Crippen LogP contribution in [0.3, 0.4) is 0 Å². The molecule has 0 atom stereocenters. The highest BCUT2D eigenvalue weighted by Crippen LogP contribution is 2.27. The van der Waals surface area contributed by atoms with Crippen LogP contribution in [0.15, 0.2) is 48.7 Å². The zero-order valence-electron chi connectivity index (χ0n) is 12.4. The van der Waals surface area contributed by atoms with Gasteiger partial charge in [0.25, 0.3) is 0 Å². The molecule has 6 nitrogen and oxygen atoms in total. The number of carbonyl (C=O) groups is 1. The quantitative estimate of drug-likeness (QED) is 0.771. The highest BCUT2D eigenvalue weighted by molar-refractivity contribution is 6.31. The number of halogens is 1. The van der Waals surface area contributed by atoms with Gasteiger partial charge >= 0.3 is 6.03 Å². The molecular formula is C16H15ClN4O2. The van der Waals surface area contributed by atoms with Crippen molar-refractivity contribution >= 4 is 28.8 Å². The van der Waals surface area contributed by atoms with Crippen molar-refractivity contribution in [2.75, 3.05) is 12.4 Å². The summed E-state index contributed by atoms with van der Waals surface area (Å²) in [6.07, 6.45) is 1.86. The number of ether oxygens (including phenoxy) is 1. The molecule has 0 saturated carbocycles. The van der Waals surface area contributed by atoms with E-state index in [4.69, 9.17) is 16.3 Å². The molecule has 0 unspecified atom stereocenters. The van der Waals surface area contributed by atoms with Gasteiger partial charge in [0.1, 0.15) is 5.75 Å². The summed E-state index contributed by atoms with van der Waals surface area (Å²) < 4.78 is 6.95. The zero-order valence-corrected chi connectivity index (χ0v) is 13.2. The van der Waals surface area contributed by atoms with Crippen LogP contribution < -0.4 is 15.4 Å². The van der Waals surface area contributed by atoms with Crippen LogP contribution in [0.1, 0.15) is 5.69 Å². The second kappa shape index (κ2) is 6.58. The number of nitrogens with one attached hydrogen (secondary N) is 2. The van der Waals surface area contributed by atoms with Crippen molar-refractivity contribution in [3.8, 4) is 5.75 Å². The average Bonchev–Trinajstić information content (AvgIpc) is 2.96. The van der Waals surface area contributed by atoms with Gasteiger partial charge in [-0.2, -0.15) is 5.10 Å². The topological polar surface area (TPSA) is 67.7 Å². The molecule has 2 N–H and O–H groups in total. The fourth-order valence-corrected chi connectivity index (χ4v) is 2.36. The lowest BCUT2D eigenvalue weighted by Crippen LogP contribution is -2.28. The Morgan fingerprint density at radius 2 is 2.17 bits per heavy atom. The maximum Gasteiger partial charge on any atom is 0.319 e. The third kappa shape index (κ3) is 3.54. The van der Waals surface area contributed by atoms with Gasteiger partial charge in [0.05, 0.1) is 30.6 Å². The number of hydrogen-bond acceptors (Lipinski definition) is 3. The van der Waals surface area contributed by atoms with Gasteiger partial charge in [0.2, 0.25) is 0 Å². The fraction of sp³-hybridized carbons (Fsp3) is 0.125. The molecule has 23 heavy (non-hydrogen) atoms. The summed E-state index contributed by atoms with van der Waals surface area (Å²) in [5.41, 5.74) is 2.25. The van der Waals surface area contributed by atoms with Gasteiger partial charge in [-0.1, -0.05) is 17.7 Å². The molecule has 0 bridgehead atoms. The first kappa shape index (κ1) is 15.2. The Morgan fingerprint density at radius 1 is 1.30 bits per heavy atom. The van der Waals surface area contributed by atoms with Crippen molar-refractivity contribution in [2.24, 2.45) is 0 Å². The molecule has 0 spiro atoms. The lowest BCUT2D eigenvalue weighted by molar-refractivity contribution is 0.251. The fourth-order valence-electron chi connectivity index (χ4n) is 2.19. The summed E-state index contributed by atoms with van der Waals surface area (Å²) in [7, 11) is 1.53. The Bertz CT molecular complexity index is 814. The largest absolute Gasteiger partial charge is 0.495 e. The molecule has 118 valence electrons. The first-order valence-electron chi connectivity index (χ1n) is 6.97. The molecule has 0 aliphatic rings. The van der Waals surface area contributed by atoms with Gasteiger partial charge in [0, 0.05) is 11.2 Å². The van der Waals surface area contributed by atoms with Crippen molar-refractivity contribution in [2.45, 2.75) is 6.54 Å². The molecular weight excluding hydrogens is 316 g/mol. The smallest absolute Gasteiger partial charge is 0.319 e. The van der Waals surface area contributed by atoms with Gasteiger partial charge < -0.3 is 15.4 Å². The standard InChI is InChI=1S/C16H15ClN4O2/c1-23-15-6-5-11(17)8-14(15)19-16(22)18-10-12-9-13-4-2-3-7-21(13)20-12/h2-9H,10H2,1H3,(H2,18,19,22). The van der Waals surface area contributed by atoms with E-state index in [1.165, 1.54) is 7.11 Å². The van der Waals surface area contributed by atoms with Crippen molar-refractivity contribution in [3.63, 3.8) is 0 Å². The van der Waals surface area contributed by atoms with E-state index in [2.05, 4.69) is 15.7 Å². The normalized spacial score (nSPS) is 10.5. The molecule has 7 heteroatoms. The van der Waals surface area contributed by atoms with Crippen LogP contribution >= 0.6 is 11.6 Å². The van der Waals surface area contributed by atoms with E-state index >= 15 is 0 Å². The number of anilines is 1. The van der Waals surface area contributed by atoms with E-state index in [0.29, 0.717) is 23.0 Å². The highest BCUT2D eigenvalue weighted by atomic mass is 35.5. The van der Waals surface area contributed by atoms with Crippen molar-refractivity contribution < 1.29 is 9.53 Å². The monoisotopic (exact) mass is 330 g/mol. The number of hydrogen-bond donors (Lipinski definition) is 2. The molecule has 2 amide bonds. The van der Waals surface area contributed by atoms with Gasteiger partial charge in [0.15, 0.2) is 0 Å². The van der Waals surface area contributed by atoms with Gasteiger partial charge in [-0.3, -0.25) is 0 Å². The number of rotatable bonds is 4. The summed E-state index contributed by atoms with van der Waals surface area (Å²) in [5, 5.41) is 10.4. The van der Waals surface area contributed by atoms with E-state index in [1.54, 1.807) is 22.7 Å². The number of nitrogens with zero attached hydrogens (tertiary/aromatic N) is 2. The first-order chi connectivity index (χ1) is 11.2. The number of aromatic nitrogens is 2. The molecule has 0 radical (unpaired) electrons. The Kier molecular flexibility index (Phi) is 4.34. The van der Waals surface area contributed by atoms with E-state index < -0.39 is 0 Å². The molecule has 0 fully saturated rings. The van der Waals surface area contributed by atoms with Crippen LogP contribution in [0.5, 0.6) is 5.75 Å². The number of amides is 2. The Hall–Kier alpha value is -2.73. The third-order valence-corrected chi connectivity index (χ3v) is 3.50. The lowest BCUT2D eigenvalue weighted by atomic mass is 10.3. The van der Waals surface area contributed by atoms with Crippen molar-refractivity contribution in [3.05, 3.63) is 59.4 Å². The summed E-state index contributed by atoms with van der Waals surface area (Å²) in [5.74, 6) is 0.539. The van der Waals surface area contributed by atoms with Crippen LogP contribution in [0, 0.1) is 0 Å². The number of benzene rings is 1. The highest BCUT2D eigenvalue weighted by Gasteiger charge is 2.09. The summed E-state index contributed by atoms with van der Waals surface area (Å²) in [4.78, 5) is 12.0. The van der Waals surface area contributed by atoms with Crippen LogP contribution in [0.25, 0.3) is 5.52 Å². The number of pyridine rings is 1. The molecule has 3 aromatic rings. The minimum atomic E-state index is -0.359. The Morgan fingerprint density at radius 3 is 2.96 bits per heavy atom. The summed E-state index contributed by atoms with van der Waals surface area (Å²) in [6, 6.07) is 12.4. The molecule has 0 aliphatic heterocycles. The van der Waals surface area contributed by atoms with E-state index in [9.17, 15) is 4.79 Å². The van der Waals surface area contributed by atoms with Crippen LogP contribution in [-0.2, 0) is 6.54 Å². The van der Waals surface area contributed by atoms with Crippen LogP contribution in [0.4, 0.5) is 10.5 Å². The molecule has 1 aromatic carbocycles. The minimum absolute atomic E-state index is 0.316. The van der Waals surface area contributed by atoms with Crippen molar-refractivity contribution in [1.82, 2.24) is 14.9 Å². The zero-order chi connectivity index (χ0) is 16.2. The second-order valence-corrected chi connectivity index (χ2v) is 5.29. The maximum absolute atomic E-state index is 12.0. The molecule has 0 saturated heterocycles. The summed E-state index contributed by atoms with van der Waals surface area (Å²) >= 11 is 5.94. The number of methoxy groups -OCH3 is 1. The van der Waals surface area contributed by atoms with Crippen LogP contribution in [0.2, 0.25) is 5.02 Å². The SMILES string of the molecule is COc1ccc(Cl)cc1NC(=O)NCc1cc2ccccn2n1. The Labute approximate surface area is 138 Å². The molecule has 2 aromatic heterocycles. The number of fused-ring (bicyclic) bond motifs is 1. The molecule has 2 heterocycles. The van der Waals surface area contributed by atoms with Gasteiger partial charge in [-0.25, -0.2) is 9.31 Å². The summed E-state index contributed by atoms with van der Waals surface area (Å²) in [6.45, 7) is 0.316. The number of urea groups is 1. The minimum Gasteiger partial charge on any atom is -0.495 e. The van der Waals surface area contributed by atoms with Crippen LogP contribution in [-0.4, -0.2) is 22.8 Å². The second-order valence-electron chi connectivity index (χ2n) is 4.86. The van der Waals surface area contributed by atoms with E-state index in [0.717, 1.165) is 11.2 Å². The third-order valence-electron chi connectivity index (χ3n) is 3.26. The molecule has 0 aliphatic carbocycles. The number of carbonyl (C=O) groups excluding carboxylic acids is 1. The van der Waals surface area contributed by atoms with Gasteiger partial charge in [-0.05, 0) is 36.4 Å². The van der Waals surface area contributed by atoms with E-state index in [1.807, 2.05) is 30.5 Å². The average molecular weight is 331 g/mol. The first-order valence-corrected chi connectivity index (χ1v) is 7.35. The predicted molar refractivity (Wildman–Crippen MR) is 89.1 cm³/mol. The van der Waals surface area contributed by atoms with Crippen molar-refractivity contribution in [1.29, 1.82) is 0 Å². The maximum atomic E-state index is 12.0. The Balaban J connectivity index is 1.64.